The van der Waals surface area contributed by atoms with Crippen LogP contribution in [0, 0.1) is 6.92 Å². The van der Waals surface area contributed by atoms with Gasteiger partial charge in [-0.2, -0.15) is 0 Å². The van der Waals surface area contributed by atoms with Crippen LogP contribution in [0.5, 0.6) is 0 Å². The molecule has 19 heavy (non-hydrogen) atoms. The molecule has 1 aromatic carbocycles. The summed E-state index contributed by atoms with van der Waals surface area (Å²) in [7, 11) is 0. The van der Waals surface area contributed by atoms with Crippen LogP contribution in [0.2, 0.25) is 0 Å². The Morgan fingerprint density at radius 1 is 1.37 bits per heavy atom. The quantitative estimate of drug-likeness (QED) is 0.607. The Labute approximate surface area is 111 Å². The summed E-state index contributed by atoms with van der Waals surface area (Å²) in [6.07, 6.45) is -0.0206. The van der Waals surface area contributed by atoms with E-state index in [2.05, 4.69) is 10.6 Å². The summed E-state index contributed by atoms with van der Waals surface area (Å²) in [5.41, 5.74) is 2.02. The van der Waals surface area contributed by atoms with Gasteiger partial charge in [-0.05, 0) is 12.5 Å². The van der Waals surface area contributed by atoms with Crippen molar-refractivity contribution in [2.24, 2.45) is 0 Å². The van der Waals surface area contributed by atoms with Crippen LogP contribution < -0.4 is 10.6 Å². The Hall–Kier alpha value is -2.08. The minimum Gasteiger partial charge on any atom is -0.480 e. The molecule has 0 saturated carbocycles. The highest BCUT2D eigenvalue weighted by Crippen LogP contribution is 2.03. The van der Waals surface area contributed by atoms with E-state index in [9.17, 15) is 9.59 Å². The van der Waals surface area contributed by atoms with Crippen molar-refractivity contribution < 1.29 is 19.8 Å². The highest BCUT2D eigenvalue weighted by molar-refractivity contribution is 5.82. The van der Waals surface area contributed by atoms with Crippen molar-refractivity contribution in [2.75, 3.05) is 6.61 Å². The molecule has 104 valence electrons. The zero-order chi connectivity index (χ0) is 14.3. The van der Waals surface area contributed by atoms with E-state index >= 15 is 0 Å². The fourth-order valence-corrected chi connectivity index (χ4v) is 1.60. The molecule has 0 aliphatic heterocycles. The first kappa shape index (κ1) is 15.0. The van der Waals surface area contributed by atoms with Crippen LogP contribution in [0.1, 0.15) is 17.5 Å². The molecule has 6 nitrogen and oxygen atoms in total. The Morgan fingerprint density at radius 3 is 2.68 bits per heavy atom. The molecular formula is C13H18N2O4. The minimum atomic E-state index is -1.17. The van der Waals surface area contributed by atoms with Gasteiger partial charge in [0.1, 0.15) is 6.04 Å². The smallest absolute Gasteiger partial charge is 0.326 e. The lowest BCUT2D eigenvalue weighted by Crippen LogP contribution is -2.46. The first-order valence-corrected chi connectivity index (χ1v) is 5.96. The molecule has 0 radical (unpaired) electrons. The number of aliphatic hydroxyl groups is 1. The van der Waals surface area contributed by atoms with E-state index in [1.807, 2.05) is 31.2 Å². The summed E-state index contributed by atoms with van der Waals surface area (Å²) in [4.78, 5) is 22.3. The van der Waals surface area contributed by atoms with Gasteiger partial charge in [-0.25, -0.2) is 9.59 Å². The average Bonchev–Trinajstić information content (AvgIpc) is 2.36. The lowest BCUT2D eigenvalue weighted by molar-refractivity contribution is -0.139. The molecule has 2 amide bonds. The van der Waals surface area contributed by atoms with Crippen molar-refractivity contribution in [3.63, 3.8) is 0 Å². The number of aliphatic hydroxyl groups excluding tert-OH is 1. The molecule has 1 rings (SSSR count). The summed E-state index contributed by atoms with van der Waals surface area (Å²) >= 11 is 0. The standard InChI is InChI=1S/C13H18N2O4/c1-9-3-2-4-10(7-9)8-14-13(19)15-11(5-6-16)12(17)18/h2-4,7,11,16H,5-6,8H2,1H3,(H,17,18)(H2,14,15,19). The van der Waals surface area contributed by atoms with E-state index in [0.29, 0.717) is 6.54 Å². The normalized spacial score (nSPS) is 11.7. The topological polar surface area (TPSA) is 98.7 Å². The van der Waals surface area contributed by atoms with Crippen LogP contribution >= 0.6 is 0 Å². The van der Waals surface area contributed by atoms with E-state index in [1.54, 1.807) is 0 Å². The van der Waals surface area contributed by atoms with Gasteiger partial charge in [0.2, 0.25) is 0 Å². The number of hydrogen-bond donors (Lipinski definition) is 4. The Kier molecular flexibility index (Phi) is 5.81. The van der Waals surface area contributed by atoms with Crippen molar-refractivity contribution in [1.82, 2.24) is 10.6 Å². The van der Waals surface area contributed by atoms with Gasteiger partial charge in [0, 0.05) is 19.6 Å². The van der Waals surface area contributed by atoms with E-state index in [1.165, 1.54) is 0 Å². The maximum absolute atomic E-state index is 11.5. The third-order valence-electron chi connectivity index (χ3n) is 2.56. The highest BCUT2D eigenvalue weighted by Gasteiger charge is 2.18. The number of urea groups is 1. The molecule has 0 fully saturated rings. The molecule has 1 aromatic rings. The predicted octanol–water partition coefficient (Wildman–Crippen LogP) is 0.630. The molecule has 6 heteroatoms. The van der Waals surface area contributed by atoms with Crippen molar-refractivity contribution in [3.05, 3.63) is 35.4 Å². The first-order valence-electron chi connectivity index (χ1n) is 5.96. The van der Waals surface area contributed by atoms with Crippen molar-refractivity contribution >= 4 is 12.0 Å². The third-order valence-corrected chi connectivity index (χ3v) is 2.56. The van der Waals surface area contributed by atoms with E-state index in [4.69, 9.17) is 10.2 Å². The lowest BCUT2D eigenvalue weighted by atomic mass is 10.1. The molecule has 0 spiro atoms. The van der Waals surface area contributed by atoms with E-state index in [-0.39, 0.29) is 13.0 Å². The second-order valence-corrected chi connectivity index (χ2v) is 4.22. The maximum atomic E-state index is 11.5. The van der Waals surface area contributed by atoms with Gasteiger partial charge in [0.25, 0.3) is 0 Å². The number of amides is 2. The highest BCUT2D eigenvalue weighted by atomic mass is 16.4. The van der Waals surface area contributed by atoms with Gasteiger partial charge in [0.15, 0.2) is 0 Å². The average molecular weight is 266 g/mol. The number of hydrogen-bond acceptors (Lipinski definition) is 3. The fraction of sp³-hybridized carbons (Fsp3) is 0.385. The molecule has 1 atom stereocenters. The number of aryl methyl sites for hydroxylation is 1. The number of carboxylic acids is 1. The first-order chi connectivity index (χ1) is 9.02. The van der Waals surface area contributed by atoms with Crippen molar-refractivity contribution in [2.45, 2.75) is 25.9 Å². The van der Waals surface area contributed by atoms with Crippen LogP contribution in [0.4, 0.5) is 4.79 Å². The molecule has 0 aromatic heterocycles. The summed E-state index contributed by atoms with van der Waals surface area (Å²) in [5.74, 6) is -1.17. The molecule has 0 saturated heterocycles. The maximum Gasteiger partial charge on any atom is 0.326 e. The Bertz CT molecular complexity index is 448. The summed E-state index contributed by atoms with van der Waals surface area (Å²) in [6.45, 7) is 1.97. The number of carboxylic acid groups (broad SMARTS) is 1. The van der Waals surface area contributed by atoms with Crippen LogP contribution in [-0.2, 0) is 11.3 Å². The van der Waals surface area contributed by atoms with Gasteiger partial charge >= 0.3 is 12.0 Å². The number of carbonyl (C=O) groups excluding carboxylic acids is 1. The number of rotatable bonds is 6. The van der Waals surface area contributed by atoms with Gasteiger partial charge in [-0.15, -0.1) is 0 Å². The van der Waals surface area contributed by atoms with Crippen molar-refractivity contribution in [1.29, 1.82) is 0 Å². The molecule has 0 aliphatic carbocycles. The van der Waals surface area contributed by atoms with Crippen LogP contribution in [-0.4, -0.2) is 34.9 Å². The van der Waals surface area contributed by atoms with E-state index < -0.39 is 18.0 Å². The van der Waals surface area contributed by atoms with Crippen LogP contribution in [0.15, 0.2) is 24.3 Å². The molecule has 1 unspecified atom stereocenters. The Morgan fingerprint density at radius 2 is 2.11 bits per heavy atom. The van der Waals surface area contributed by atoms with Gasteiger partial charge in [-0.3, -0.25) is 0 Å². The molecular weight excluding hydrogens is 248 g/mol. The minimum absolute atomic E-state index is 0.0206. The van der Waals surface area contributed by atoms with Crippen molar-refractivity contribution in [3.8, 4) is 0 Å². The number of benzene rings is 1. The summed E-state index contributed by atoms with van der Waals surface area (Å²) in [5, 5.41) is 22.4. The number of nitrogens with one attached hydrogen (secondary N) is 2. The zero-order valence-corrected chi connectivity index (χ0v) is 10.7. The molecule has 0 heterocycles. The third kappa shape index (κ3) is 5.39. The number of aliphatic carboxylic acids is 1. The van der Waals surface area contributed by atoms with Gasteiger partial charge in [0.05, 0.1) is 0 Å². The van der Waals surface area contributed by atoms with Crippen LogP contribution in [0.3, 0.4) is 0 Å². The zero-order valence-electron chi connectivity index (χ0n) is 10.7. The molecule has 0 bridgehead atoms. The van der Waals surface area contributed by atoms with Crippen LogP contribution in [0.25, 0.3) is 0 Å². The fourth-order valence-electron chi connectivity index (χ4n) is 1.60. The molecule has 4 N–H and O–H groups in total. The largest absolute Gasteiger partial charge is 0.480 e. The summed E-state index contributed by atoms with van der Waals surface area (Å²) < 4.78 is 0. The lowest BCUT2D eigenvalue weighted by Gasteiger charge is -2.14. The van der Waals surface area contributed by atoms with Gasteiger partial charge in [-0.1, -0.05) is 29.8 Å². The second kappa shape index (κ2) is 7.38. The number of carbonyl (C=O) groups is 2. The van der Waals surface area contributed by atoms with Gasteiger partial charge < -0.3 is 20.8 Å². The van der Waals surface area contributed by atoms with E-state index in [0.717, 1.165) is 11.1 Å². The monoisotopic (exact) mass is 266 g/mol. The summed E-state index contributed by atoms with van der Waals surface area (Å²) in [6, 6.07) is 5.99. The predicted molar refractivity (Wildman–Crippen MR) is 69.7 cm³/mol. The second-order valence-electron chi connectivity index (χ2n) is 4.22. The SMILES string of the molecule is Cc1cccc(CNC(=O)NC(CCO)C(=O)O)c1. The Balaban J connectivity index is 2.44. The molecule has 0 aliphatic rings.